The van der Waals surface area contributed by atoms with Crippen molar-refractivity contribution < 1.29 is 33.9 Å². The summed E-state index contributed by atoms with van der Waals surface area (Å²) < 4.78 is 10.2. The minimum absolute atomic E-state index is 0.115. The first-order valence-electron chi connectivity index (χ1n) is 9.75. The van der Waals surface area contributed by atoms with E-state index in [2.05, 4.69) is 16.0 Å². The standard InChI is InChI=1S/C21H24N4O8/c1-32-16-9-13(10-17(33-2)20(16)28)7-8-22-18(26)11-23-19(27)12-24-21(29)14-3-5-15(6-4-14)25(30)31/h3-6,9-10,28H,7-8,11-12H2,1-2H3,(H,22,26)(H,23,27)(H,24,29). The number of hydrogen-bond donors (Lipinski definition) is 4. The Balaban J connectivity index is 1.71. The molecule has 12 nitrogen and oxygen atoms in total. The molecule has 0 heterocycles. The second kappa shape index (κ2) is 11.9. The maximum atomic E-state index is 12.0. The number of phenolic OH excluding ortho intramolecular Hbond substituents is 1. The second-order valence-electron chi connectivity index (χ2n) is 6.71. The lowest BCUT2D eigenvalue weighted by atomic mass is 10.1. The van der Waals surface area contributed by atoms with E-state index < -0.39 is 22.6 Å². The number of methoxy groups -OCH3 is 2. The summed E-state index contributed by atoms with van der Waals surface area (Å²) in [6.07, 6.45) is 0.429. The first-order valence-corrected chi connectivity index (χ1v) is 9.75. The van der Waals surface area contributed by atoms with Gasteiger partial charge in [-0.15, -0.1) is 0 Å². The summed E-state index contributed by atoms with van der Waals surface area (Å²) >= 11 is 0. The molecule has 2 aromatic carbocycles. The molecule has 2 aromatic rings. The van der Waals surface area contributed by atoms with Crippen LogP contribution in [0.1, 0.15) is 15.9 Å². The molecule has 0 saturated carbocycles. The van der Waals surface area contributed by atoms with Crippen molar-refractivity contribution in [2.75, 3.05) is 33.9 Å². The minimum atomic E-state index is -0.585. The van der Waals surface area contributed by atoms with E-state index >= 15 is 0 Å². The molecule has 0 aliphatic heterocycles. The number of aromatic hydroxyl groups is 1. The number of rotatable bonds is 11. The number of nitro groups is 1. The van der Waals surface area contributed by atoms with Gasteiger partial charge in [-0.1, -0.05) is 0 Å². The molecule has 0 radical (unpaired) electrons. The van der Waals surface area contributed by atoms with E-state index in [-0.39, 0.29) is 48.1 Å². The van der Waals surface area contributed by atoms with Crippen molar-refractivity contribution in [2.45, 2.75) is 6.42 Å². The Morgan fingerprint density at radius 1 is 0.939 bits per heavy atom. The average molecular weight is 460 g/mol. The monoisotopic (exact) mass is 460 g/mol. The second-order valence-corrected chi connectivity index (χ2v) is 6.71. The molecule has 176 valence electrons. The number of benzene rings is 2. The number of amides is 3. The Labute approximate surface area is 189 Å². The fourth-order valence-corrected chi connectivity index (χ4v) is 2.74. The number of nitrogens with one attached hydrogen (secondary N) is 3. The molecule has 0 fully saturated rings. The van der Waals surface area contributed by atoms with Crippen molar-refractivity contribution in [3.8, 4) is 17.2 Å². The number of nitro benzene ring substituents is 1. The number of ether oxygens (including phenoxy) is 2. The van der Waals surface area contributed by atoms with Crippen molar-refractivity contribution in [3.05, 3.63) is 57.6 Å². The van der Waals surface area contributed by atoms with Crippen molar-refractivity contribution in [2.24, 2.45) is 0 Å². The molecular formula is C21H24N4O8. The molecular weight excluding hydrogens is 436 g/mol. The average Bonchev–Trinajstić information content (AvgIpc) is 2.81. The van der Waals surface area contributed by atoms with Gasteiger partial charge >= 0.3 is 0 Å². The highest BCUT2D eigenvalue weighted by Crippen LogP contribution is 2.37. The van der Waals surface area contributed by atoms with Crippen LogP contribution in [0.15, 0.2) is 36.4 Å². The van der Waals surface area contributed by atoms with Crippen LogP contribution < -0.4 is 25.4 Å². The van der Waals surface area contributed by atoms with Crippen molar-refractivity contribution in [1.29, 1.82) is 0 Å². The van der Waals surface area contributed by atoms with Gasteiger partial charge in [-0.25, -0.2) is 0 Å². The molecule has 0 bridgehead atoms. The van der Waals surface area contributed by atoms with Gasteiger partial charge in [0.15, 0.2) is 11.5 Å². The highest BCUT2D eigenvalue weighted by molar-refractivity contribution is 5.97. The highest BCUT2D eigenvalue weighted by atomic mass is 16.6. The first-order chi connectivity index (χ1) is 15.7. The van der Waals surface area contributed by atoms with Crippen molar-refractivity contribution in [1.82, 2.24) is 16.0 Å². The van der Waals surface area contributed by atoms with Crippen LogP contribution in [0.5, 0.6) is 17.2 Å². The SMILES string of the molecule is COc1cc(CCNC(=O)CNC(=O)CNC(=O)c2ccc([N+](=O)[O-])cc2)cc(OC)c1O. The number of non-ortho nitro benzene ring substituents is 1. The fourth-order valence-electron chi connectivity index (χ4n) is 2.74. The largest absolute Gasteiger partial charge is 0.502 e. The third-order valence-corrected chi connectivity index (χ3v) is 4.47. The molecule has 33 heavy (non-hydrogen) atoms. The lowest BCUT2D eigenvalue weighted by Gasteiger charge is -2.12. The van der Waals surface area contributed by atoms with Gasteiger partial charge in [0.25, 0.3) is 11.6 Å². The Morgan fingerprint density at radius 2 is 1.48 bits per heavy atom. The summed E-state index contributed by atoms with van der Waals surface area (Å²) in [4.78, 5) is 45.8. The van der Waals surface area contributed by atoms with Crippen LogP contribution in [0.2, 0.25) is 0 Å². The quantitative estimate of drug-likeness (QED) is 0.278. The summed E-state index contributed by atoms with van der Waals surface area (Å²) in [5.74, 6) is -1.20. The number of carbonyl (C=O) groups excluding carboxylic acids is 3. The summed E-state index contributed by atoms with van der Waals surface area (Å²) in [7, 11) is 2.83. The highest BCUT2D eigenvalue weighted by Gasteiger charge is 2.13. The zero-order chi connectivity index (χ0) is 24.4. The molecule has 0 aromatic heterocycles. The molecule has 0 aliphatic carbocycles. The van der Waals surface area contributed by atoms with E-state index in [1.807, 2.05) is 0 Å². The number of hydrogen-bond acceptors (Lipinski definition) is 8. The Hall–Kier alpha value is -4.35. The van der Waals surface area contributed by atoms with Crippen LogP contribution in [0.4, 0.5) is 5.69 Å². The van der Waals surface area contributed by atoms with E-state index in [4.69, 9.17) is 9.47 Å². The van der Waals surface area contributed by atoms with E-state index in [1.54, 1.807) is 12.1 Å². The number of phenols is 1. The van der Waals surface area contributed by atoms with Crippen LogP contribution >= 0.6 is 0 Å². The van der Waals surface area contributed by atoms with E-state index in [1.165, 1.54) is 38.5 Å². The van der Waals surface area contributed by atoms with E-state index in [0.29, 0.717) is 6.42 Å². The molecule has 4 N–H and O–H groups in total. The third kappa shape index (κ3) is 7.38. The normalized spacial score (nSPS) is 10.1. The lowest BCUT2D eigenvalue weighted by Crippen LogP contribution is -2.42. The van der Waals surface area contributed by atoms with Gasteiger partial charge in [0.2, 0.25) is 17.6 Å². The van der Waals surface area contributed by atoms with Crippen LogP contribution in [0, 0.1) is 10.1 Å². The van der Waals surface area contributed by atoms with Crippen LogP contribution in [-0.4, -0.2) is 61.6 Å². The van der Waals surface area contributed by atoms with Gasteiger partial charge < -0.3 is 30.5 Å². The maximum absolute atomic E-state index is 12.0. The van der Waals surface area contributed by atoms with Gasteiger partial charge in [0, 0.05) is 24.2 Å². The molecule has 0 saturated heterocycles. The molecule has 2 rings (SSSR count). The first kappa shape index (κ1) is 24.9. The van der Waals surface area contributed by atoms with Gasteiger partial charge in [-0.2, -0.15) is 0 Å². The number of nitrogens with zero attached hydrogens (tertiary/aromatic N) is 1. The van der Waals surface area contributed by atoms with Gasteiger partial charge in [0.05, 0.1) is 32.2 Å². The Kier molecular flexibility index (Phi) is 8.97. The maximum Gasteiger partial charge on any atom is 0.269 e. The fraction of sp³-hybridized carbons (Fsp3) is 0.286. The molecule has 12 heteroatoms. The molecule has 0 spiro atoms. The van der Waals surface area contributed by atoms with Crippen LogP contribution in [0.3, 0.4) is 0 Å². The predicted octanol–water partition coefficient (Wildman–Crippen LogP) is 0.522. The van der Waals surface area contributed by atoms with Crippen molar-refractivity contribution >= 4 is 23.4 Å². The van der Waals surface area contributed by atoms with Crippen LogP contribution in [-0.2, 0) is 16.0 Å². The van der Waals surface area contributed by atoms with E-state index in [0.717, 1.165) is 5.56 Å². The summed E-state index contributed by atoms with van der Waals surface area (Å²) in [6.45, 7) is -0.382. The van der Waals surface area contributed by atoms with Crippen LogP contribution in [0.25, 0.3) is 0 Å². The van der Waals surface area contributed by atoms with Crippen molar-refractivity contribution in [3.63, 3.8) is 0 Å². The predicted molar refractivity (Wildman–Crippen MR) is 116 cm³/mol. The van der Waals surface area contributed by atoms with Gasteiger partial charge in [-0.3, -0.25) is 24.5 Å². The number of carbonyl (C=O) groups is 3. The van der Waals surface area contributed by atoms with Gasteiger partial charge in [-0.05, 0) is 36.2 Å². The minimum Gasteiger partial charge on any atom is -0.502 e. The summed E-state index contributed by atoms with van der Waals surface area (Å²) in [5, 5.41) is 27.9. The smallest absolute Gasteiger partial charge is 0.269 e. The third-order valence-electron chi connectivity index (χ3n) is 4.47. The topological polar surface area (TPSA) is 169 Å². The zero-order valence-electron chi connectivity index (χ0n) is 18.0. The Bertz CT molecular complexity index is 998. The molecule has 0 unspecified atom stereocenters. The zero-order valence-corrected chi connectivity index (χ0v) is 18.0. The summed E-state index contributed by atoms with van der Waals surface area (Å²) in [5.41, 5.74) is 0.771. The molecule has 0 atom stereocenters. The Morgan fingerprint density at radius 3 is 2.03 bits per heavy atom. The van der Waals surface area contributed by atoms with Gasteiger partial charge in [0.1, 0.15) is 0 Å². The lowest BCUT2D eigenvalue weighted by molar-refractivity contribution is -0.384. The van der Waals surface area contributed by atoms with E-state index in [9.17, 15) is 29.6 Å². The molecule has 3 amide bonds. The summed E-state index contributed by atoms with van der Waals surface area (Å²) in [6, 6.07) is 8.17. The molecule has 0 aliphatic rings.